The van der Waals surface area contributed by atoms with Crippen LogP contribution in [0.25, 0.3) is 0 Å². The first kappa shape index (κ1) is 20.2. The number of rotatable bonds is 5. The van der Waals surface area contributed by atoms with Crippen LogP contribution in [0.3, 0.4) is 0 Å². The monoisotopic (exact) mass is 424 g/mol. The molecule has 154 valence electrons. The number of hydrogen-bond acceptors (Lipinski definition) is 5. The Bertz CT molecular complexity index is 996. The molecular weight excluding hydrogens is 404 g/mol. The quantitative estimate of drug-likeness (QED) is 0.435. The van der Waals surface area contributed by atoms with Crippen LogP contribution in [-0.2, 0) is 9.59 Å². The molecule has 1 N–H and O–H groups in total. The highest BCUT2D eigenvalue weighted by Crippen LogP contribution is 2.32. The van der Waals surface area contributed by atoms with Crippen LogP contribution in [0.5, 0.6) is 5.75 Å². The largest absolute Gasteiger partial charge is 0.423 e. The summed E-state index contributed by atoms with van der Waals surface area (Å²) in [6, 6.07) is 15.1. The lowest BCUT2D eigenvalue weighted by molar-refractivity contribution is -0.140. The number of benzene rings is 2. The third-order valence-corrected chi connectivity index (χ3v) is 5.69. The number of carbonyl (C=O) groups excluding carboxylic acids is 3. The molecule has 1 heterocycles. The van der Waals surface area contributed by atoms with E-state index in [1.807, 2.05) is 6.07 Å². The van der Waals surface area contributed by atoms with Crippen molar-refractivity contribution in [3.63, 3.8) is 0 Å². The summed E-state index contributed by atoms with van der Waals surface area (Å²) in [5.41, 5.74) is 0.986. The maximum Gasteiger partial charge on any atom is 0.343 e. The van der Waals surface area contributed by atoms with E-state index < -0.39 is 17.8 Å². The highest BCUT2D eigenvalue weighted by molar-refractivity contribution is 6.48. The standard InChI is InChI=1S/C23H21ClN2O4/c24-19-20(22(28)26(21(19)27)17-7-3-1-4-8-17)25-16-13-11-15(12-14-16)23(29)30-18-9-5-2-6-10-18/h2,5-6,9-14,17,25H,1,3-4,7-8H2. The first-order valence-electron chi connectivity index (χ1n) is 9.96. The molecule has 6 nitrogen and oxygen atoms in total. The van der Waals surface area contributed by atoms with E-state index in [0.717, 1.165) is 32.1 Å². The summed E-state index contributed by atoms with van der Waals surface area (Å²) in [7, 11) is 0. The molecule has 4 rings (SSSR count). The number of esters is 1. The predicted octanol–water partition coefficient (Wildman–Crippen LogP) is 4.47. The Balaban J connectivity index is 1.44. The van der Waals surface area contributed by atoms with Gasteiger partial charge in [-0.1, -0.05) is 49.1 Å². The van der Waals surface area contributed by atoms with E-state index in [0.29, 0.717) is 17.0 Å². The number of hydrogen-bond donors (Lipinski definition) is 1. The molecule has 2 aromatic carbocycles. The minimum atomic E-state index is -0.486. The van der Waals surface area contributed by atoms with Crippen LogP contribution in [0.1, 0.15) is 42.5 Å². The molecule has 0 unspecified atom stereocenters. The molecule has 2 aliphatic rings. The van der Waals surface area contributed by atoms with E-state index in [-0.39, 0.29) is 16.8 Å². The van der Waals surface area contributed by atoms with E-state index in [4.69, 9.17) is 16.3 Å². The van der Waals surface area contributed by atoms with Gasteiger partial charge in [-0.3, -0.25) is 14.5 Å². The summed E-state index contributed by atoms with van der Waals surface area (Å²) in [6.07, 6.45) is 4.75. The second-order valence-corrected chi connectivity index (χ2v) is 7.74. The van der Waals surface area contributed by atoms with E-state index in [1.165, 1.54) is 4.90 Å². The van der Waals surface area contributed by atoms with Gasteiger partial charge in [0.2, 0.25) is 0 Å². The van der Waals surface area contributed by atoms with E-state index in [2.05, 4.69) is 5.32 Å². The molecule has 2 aromatic rings. The van der Waals surface area contributed by atoms with Crippen LogP contribution in [0.2, 0.25) is 0 Å². The second-order valence-electron chi connectivity index (χ2n) is 7.37. The van der Waals surface area contributed by atoms with Crippen LogP contribution in [0.15, 0.2) is 65.3 Å². The minimum Gasteiger partial charge on any atom is -0.423 e. The fourth-order valence-corrected chi connectivity index (χ4v) is 4.01. The Morgan fingerprint density at radius 1 is 0.933 bits per heavy atom. The second kappa shape index (κ2) is 8.71. The Morgan fingerprint density at radius 2 is 1.60 bits per heavy atom. The molecule has 1 aliphatic heterocycles. The number of anilines is 1. The van der Waals surface area contributed by atoms with Crippen molar-refractivity contribution in [2.24, 2.45) is 0 Å². The molecule has 0 radical (unpaired) electrons. The van der Waals surface area contributed by atoms with Crippen LogP contribution in [0.4, 0.5) is 5.69 Å². The van der Waals surface area contributed by atoms with Gasteiger partial charge in [-0.2, -0.15) is 0 Å². The van der Waals surface area contributed by atoms with Crippen molar-refractivity contribution < 1.29 is 19.1 Å². The summed E-state index contributed by atoms with van der Waals surface area (Å²) in [5.74, 6) is -0.872. The maximum absolute atomic E-state index is 12.8. The van der Waals surface area contributed by atoms with E-state index in [9.17, 15) is 14.4 Å². The molecule has 7 heteroatoms. The molecule has 0 saturated heterocycles. The normalized spacial score (nSPS) is 17.4. The van der Waals surface area contributed by atoms with Crippen LogP contribution >= 0.6 is 11.6 Å². The SMILES string of the molecule is O=C(Oc1ccccc1)c1ccc(NC2=C(Cl)C(=O)N(C3CCCCC3)C2=O)cc1. The lowest BCUT2D eigenvalue weighted by Gasteiger charge is -2.29. The van der Waals surface area contributed by atoms with E-state index >= 15 is 0 Å². The Morgan fingerprint density at radius 3 is 2.27 bits per heavy atom. The van der Waals surface area contributed by atoms with Crippen LogP contribution in [0, 0.1) is 0 Å². The number of amides is 2. The average Bonchev–Trinajstić information content (AvgIpc) is 2.98. The van der Waals surface area contributed by atoms with Crippen molar-refractivity contribution in [3.8, 4) is 5.75 Å². The Hall–Kier alpha value is -3.12. The summed E-state index contributed by atoms with van der Waals surface area (Å²) >= 11 is 6.19. The van der Waals surface area contributed by atoms with Crippen LogP contribution < -0.4 is 10.1 Å². The number of para-hydroxylation sites is 1. The summed E-state index contributed by atoms with van der Waals surface area (Å²) < 4.78 is 5.31. The van der Waals surface area contributed by atoms with Gasteiger partial charge >= 0.3 is 5.97 Å². The number of nitrogens with zero attached hydrogens (tertiary/aromatic N) is 1. The van der Waals surface area contributed by atoms with Crippen molar-refractivity contribution in [2.45, 2.75) is 38.1 Å². The fraction of sp³-hybridized carbons (Fsp3) is 0.261. The number of ether oxygens (including phenoxy) is 1. The summed E-state index contributed by atoms with van der Waals surface area (Å²) in [4.78, 5) is 38.9. The lowest BCUT2D eigenvalue weighted by atomic mass is 9.94. The molecule has 1 fully saturated rings. The van der Waals surface area contributed by atoms with Gasteiger partial charge in [0.15, 0.2) is 0 Å². The third-order valence-electron chi connectivity index (χ3n) is 5.34. The first-order chi connectivity index (χ1) is 14.5. The van der Waals surface area contributed by atoms with Crippen molar-refractivity contribution in [1.29, 1.82) is 0 Å². The number of imide groups is 1. The first-order valence-corrected chi connectivity index (χ1v) is 10.3. The van der Waals surface area contributed by atoms with Gasteiger partial charge in [0.1, 0.15) is 16.5 Å². The molecule has 0 spiro atoms. The predicted molar refractivity (Wildman–Crippen MR) is 113 cm³/mol. The van der Waals surface area contributed by atoms with Gasteiger partial charge in [-0.05, 0) is 49.2 Å². The summed E-state index contributed by atoms with van der Waals surface area (Å²) in [6.45, 7) is 0. The molecule has 0 bridgehead atoms. The van der Waals surface area contributed by atoms with Gasteiger partial charge in [-0.15, -0.1) is 0 Å². The Labute approximate surface area is 179 Å². The van der Waals surface area contributed by atoms with Crippen LogP contribution in [-0.4, -0.2) is 28.7 Å². The van der Waals surface area contributed by atoms with Crippen molar-refractivity contribution in [3.05, 3.63) is 70.9 Å². The highest BCUT2D eigenvalue weighted by Gasteiger charge is 2.42. The third kappa shape index (κ3) is 4.09. The van der Waals surface area contributed by atoms with Crippen molar-refractivity contribution in [1.82, 2.24) is 4.90 Å². The molecule has 0 atom stereocenters. The average molecular weight is 425 g/mol. The smallest absolute Gasteiger partial charge is 0.343 e. The zero-order chi connectivity index (χ0) is 21.1. The minimum absolute atomic E-state index is 0.0758. The molecule has 0 aromatic heterocycles. The molecule has 30 heavy (non-hydrogen) atoms. The number of carbonyl (C=O) groups is 3. The van der Waals surface area contributed by atoms with Gasteiger partial charge in [-0.25, -0.2) is 4.79 Å². The highest BCUT2D eigenvalue weighted by atomic mass is 35.5. The topological polar surface area (TPSA) is 75.7 Å². The molecule has 1 saturated carbocycles. The maximum atomic E-state index is 12.8. The van der Waals surface area contributed by atoms with Gasteiger partial charge < -0.3 is 10.1 Å². The fourth-order valence-electron chi connectivity index (χ4n) is 3.79. The lowest BCUT2D eigenvalue weighted by Crippen LogP contribution is -2.42. The van der Waals surface area contributed by atoms with Gasteiger partial charge in [0.25, 0.3) is 11.8 Å². The van der Waals surface area contributed by atoms with Crippen molar-refractivity contribution in [2.75, 3.05) is 5.32 Å². The van der Waals surface area contributed by atoms with Gasteiger partial charge in [0, 0.05) is 11.7 Å². The van der Waals surface area contributed by atoms with E-state index in [1.54, 1.807) is 48.5 Å². The molecular formula is C23H21ClN2O4. The zero-order valence-corrected chi connectivity index (χ0v) is 17.0. The van der Waals surface area contributed by atoms with Gasteiger partial charge in [0.05, 0.1) is 5.56 Å². The molecule has 1 aliphatic carbocycles. The molecule has 2 amide bonds. The summed E-state index contributed by atoms with van der Waals surface area (Å²) in [5, 5.41) is 2.84. The number of nitrogens with one attached hydrogen (secondary N) is 1. The van der Waals surface area contributed by atoms with Crippen molar-refractivity contribution >= 4 is 35.1 Å². The number of halogens is 1. The Kier molecular flexibility index (Phi) is 5.86. The zero-order valence-electron chi connectivity index (χ0n) is 16.3.